The molecule has 6 atom stereocenters. The summed E-state index contributed by atoms with van der Waals surface area (Å²) < 4.78 is 68.7. The lowest BCUT2D eigenvalue weighted by molar-refractivity contribution is -0.161. The van der Waals surface area contributed by atoms with Crippen molar-refractivity contribution >= 4 is 39.5 Å². The van der Waals surface area contributed by atoms with Gasteiger partial charge in [-0.15, -0.1) is 0 Å². The van der Waals surface area contributed by atoms with E-state index in [-0.39, 0.29) is 25.7 Å². The molecule has 0 rings (SSSR count). The molecule has 618 valence electrons. The van der Waals surface area contributed by atoms with E-state index in [0.29, 0.717) is 31.6 Å². The molecule has 0 amide bonds. The van der Waals surface area contributed by atoms with E-state index in [2.05, 4.69) is 48.5 Å². The zero-order valence-corrected chi connectivity index (χ0v) is 70.3. The molecule has 0 saturated carbocycles. The first-order valence-electron chi connectivity index (χ1n) is 43.9. The van der Waals surface area contributed by atoms with Gasteiger partial charge in [0.05, 0.1) is 26.4 Å². The molecule has 0 aliphatic heterocycles. The number of aliphatic hydroxyl groups excluding tert-OH is 1. The molecule has 0 spiro atoms. The van der Waals surface area contributed by atoms with Crippen LogP contribution in [0.3, 0.4) is 0 Å². The monoisotopic (exact) mass is 1520 g/mol. The highest BCUT2D eigenvalue weighted by Crippen LogP contribution is 2.45. The minimum absolute atomic E-state index is 0.104. The fourth-order valence-electron chi connectivity index (χ4n) is 13.2. The van der Waals surface area contributed by atoms with Crippen molar-refractivity contribution in [3.63, 3.8) is 0 Å². The van der Waals surface area contributed by atoms with Crippen LogP contribution < -0.4 is 0 Å². The van der Waals surface area contributed by atoms with E-state index in [0.717, 1.165) is 108 Å². The highest BCUT2D eigenvalue weighted by Gasteiger charge is 2.30. The van der Waals surface area contributed by atoms with Gasteiger partial charge in [0.2, 0.25) is 0 Å². The average molecular weight is 1520 g/mol. The Morgan fingerprint density at radius 2 is 0.490 bits per heavy atom. The molecule has 3 unspecified atom stereocenters. The highest BCUT2D eigenvalue weighted by molar-refractivity contribution is 7.47. The van der Waals surface area contributed by atoms with Crippen molar-refractivity contribution in [3.05, 3.63) is 0 Å². The Balaban J connectivity index is 5.18. The molecule has 0 aromatic heterocycles. The van der Waals surface area contributed by atoms with Crippen molar-refractivity contribution in [1.29, 1.82) is 0 Å². The van der Waals surface area contributed by atoms with Crippen LogP contribution in [0, 0.1) is 17.8 Å². The molecular weight excluding hydrogens is 1350 g/mol. The Labute approximate surface area is 638 Å². The summed E-state index contributed by atoms with van der Waals surface area (Å²) in [5.41, 5.74) is 0. The van der Waals surface area contributed by atoms with Crippen molar-refractivity contribution in [3.8, 4) is 0 Å². The van der Waals surface area contributed by atoms with E-state index in [1.54, 1.807) is 0 Å². The van der Waals surface area contributed by atoms with Gasteiger partial charge in [-0.3, -0.25) is 37.3 Å². The van der Waals surface area contributed by atoms with Crippen LogP contribution in [0.2, 0.25) is 0 Å². The largest absolute Gasteiger partial charge is 0.472 e. The van der Waals surface area contributed by atoms with Gasteiger partial charge in [0.1, 0.15) is 19.3 Å². The third-order valence-electron chi connectivity index (χ3n) is 20.2. The number of ether oxygens (including phenoxy) is 4. The van der Waals surface area contributed by atoms with E-state index < -0.39 is 97.5 Å². The summed E-state index contributed by atoms with van der Waals surface area (Å²) in [5.74, 6) is 0.175. The fourth-order valence-corrected chi connectivity index (χ4v) is 14.7. The summed E-state index contributed by atoms with van der Waals surface area (Å²) >= 11 is 0. The number of hydrogen-bond acceptors (Lipinski definition) is 15. The van der Waals surface area contributed by atoms with E-state index in [4.69, 9.17) is 37.0 Å². The third-order valence-corrected chi connectivity index (χ3v) is 22.1. The molecule has 0 fully saturated rings. The van der Waals surface area contributed by atoms with Gasteiger partial charge in [-0.1, -0.05) is 395 Å². The van der Waals surface area contributed by atoms with Gasteiger partial charge in [-0.25, -0.2) is 9.13 Å². The predicted molar refractivity (Wildman–Crippen MR) is 428 cm³/mol. The summed E-state index contributed by atoms with van der Waals surface area (Å²) in [4.78, 5) is 73.1. The average Bonchev–Trinajstić information content (AvgIpc) is 0.905. The van der Waals surface area contributed by atoms with Gasteiger partial charge < -0.3 is 33.8 Å². The maximum atomic E-state index is 13.1. The van der Waals surface area contributed by atoms with Crippen molar-refractivity contribution in [2.24, 2.45) is 17.8 Å². The second-order valence-corrected chi connectivity index (χ2v) is 34.7. The molecular formula is C85H166O17P2. The number of rotatable bonds is 83. The van der Waals surface area contributed by atoms with Crippen molar-refractivity contribution < 1.29 is 80.2 Å². The second kappa shape index (κ2) is 75.1. The molecule has 0 radical (unpaired) electrons. The molecule has 17 nitrogen and oxygen atoms in total. The van der Waals surface area contributed by atoms with Crippen LogP contribution in [0.1, 0.15) is 447 Å². The fraction of sp³-hybridized carbons (Fsp3) is 0.953. The Kier molecular flexibility index (Phi) is 73.7. The van der Waals surface area contributed by atoms with Crippen LogP contribution in [-0.2, 0) is 65.4 Å². The number of aliphatic hydroxyl groups is 1. The highest BCUT2D eigenvalue weighted by atomic mass is 31.2. The van der Waals surface area contributed by atoms with Gasteiger partial charge >= 0.3 is 39.5 Å². The van der Waals surface area contributed by atoms with Gasteiger partial charge in [-0.05, 0) is 43.4 Å². The molecule has 104 heavy (non-hydrogen) atoms. The number of esters is 4. The number of unbranched alkanes of at least 4 members (excludes halogenated alkanes) is 50. The Morgan fingerprint density at radius 1 is 0.279 bits per heavy atom. The molecule has 0 aromatic carbocycles. The molecule has 0 bridgehead atoms. The van der Waals surface area contributed by atoms with Gasteiger partial charge in [0.25, 0.3) is 0 Å². The van der Waals surface area contributed by atoms with Crippen LogP contribution in [0.4, 0.5) is 0 Å². The quantitative estimate of drug-likeness (QED) is 0.0222. The molecule has 0 heterocycles. The normalized spacial score (nSPS) is 14.2. The topological polar surface area (TPSA) is 237 Å². The van der Waals surface area contributed by atoms with Crippen LogP contribution >= 0.6 is 15.6 Å². The molecule has 0 aromatic rings. The lowest BCUT2D eigenvalue weighted by Gasteiger charge is -2.21. The van der Waals surface area contributed by atoms with E-state index in [1.165, 1.54) is 250 Å². The number of hydrogen-bond donors (Lipinski definition) is 3. The summed E-state index contributed by atoms with van der Waals surface area (Å²) in [7, 11) is -9.92. The smallest absolute Gasteiger partial charge is 0.462 e. The summed E-state index contributed by atoms with van der Waals surface area (Å²) in [6.07, 6.45) is 65.7. The number of carbonyl (C=O) groups excluding carboxylic acids is 4. The first-order chi connectivity index (χ1) is 50.3. The van der Waals surface area contributed by atoms with Gasteiger partial charge in [-0.2, -0.15) is 0 Å². The van der Waals surface area contributed by atoms with E-state index in [1.807, 2.05) is 0 Å². The molecule has 19 heteroatoms. The van der Waals surface area contributed by atoms with Gasteiger partial charge in [0, 0.05) is 25.7 Å². The Hall–Kier alpha value is -1.94. The van der Waals surface area contributed by atoms with Crippen molar-refractivity contribution in [2.45, 2.75) is 465 Å². The lowest BCUT2D eigenvalue weighted by Crippen LogP contribution is -2.30. The zero-order valence-electron chi connectivity index (χ0n) is 68.5. The first kappa shape index (κ1) is 102. The maximum Gasteiger partial charge on any atom is 0.472 e. The van der Waals surface area contributed by atoms with Crippen molar-refractivity contribution in [2.75, 3.05) is 39.6 Å². The van der Waals surface area contributed by atoms with Crippen LogP contribution in [0.5, 0.6) is 0 Å². The summed E-state index contributed by atoms with van der Waals surface area (Å²) in [6.45, 7) is 11.9. The minimum atomic E-state index is -4.97. The Morgan fingerprint density at radius 3 is 0.731 bits per heavy atom. The number of phosphoric ester groups is 2. The molecule has 0 aliphatic rings. The van der Waals surface area contributed by atoms with Crippen LogP contribution in [0.25, 0.3) is 0 Å². The maximum absolute atomic E-state index is 13.1. The predicted octanol–water partition coefficient (Wildman–Crippen LogP) is 25.7. The zero-order chi connectivity index (χ0) is 76.5. The Bertz CT molecular complexity index is 2010. The summed E-state index contributed by atoms with van der Waals surface area (Å²) in [5, 5.41) is 10.6. The molecule has 0 aliphatic carbocycles. The van der Waals surface area contributed by atoms with E-state index >= 15 is 0 Å². The summed E-state index contributed by atoms with van der Waals surface area (Å²) in [6, 6.07) is 0. The minimum Gasteiger partial charge on any atom is -0.462 e. The van der Waals surface area contributed by atoms with Crippen LogP contribution in [0.15, 0.2) is 0 Å². The SMILES string of the molecule is CCCCCCCCCCCCCCCCCCCCCCCC(=O)OC[C@H](COP(=O)(O)OC[C@@H](O)COP(=O)(O)OC[C@@H](COC(=O)CCCCCCCCC(C)C)OC(=O)CCCCCCCCCCCC(C)C)OC(=O)CCCCCCCCCCCCCCCCCCCCC(C)CC. The first-order valence-corrected chi connectivity index (χ1v) is 46.9. The number of carbonyl (C=O) groups is 4. The van der Waals surface area contributed by atoms with Gasteiger partial charge in [0.15, 0.2) is 12.2 Å². The van der Waals surface area contributed by atoms with Crippen LogP contribution in [-0.4, -0.2) is 96.7 Å². The lowest BCUT2D eigenvalue weighted by atomic mass is 9.99. The molecule has 0 saturated heterocycles. The standard InChI is InChI=1S/C85H166O17P2/c1-8-10-11-12-13-14-15-16-17-18-19-20-21-25-28-31-34-39-44-52-59-66-82(87)95-72-80(101-84(89)68-61-54-45-40-35-32-29-26-23-22-24-27-30-33-38-43-51-58-65-78(7)9-2)74-99-103(91,92)97-70-79(86)71-98-104(93,94)100-75-81(73-96-83(88)67-60-53-48-47-50-57-64-77(5)6)102-85(90)69-62-55-46-41-36-37-42-49-56-63-76(3)4/h76-81,86H,8-75H2,1-7H3,(H,91,92)(H,93,94)/t78?,79-,80-,81-/m1/s1. The van der Waals surface area contributed by atoms with E-state index in [9.17, 15) is 43.2 Å². The molecule has 3 N–H and O–H groups in total. The second-order valence-electron chi connectivity index (χ2n) is 31.8. The number of phosphoric acid groups is 2. The van der Waals surface area contributed by atoms with Crippen molar-refractivity contribution in [1.82, 2.24) is 0 Å². The third kappa shape index (κ3) is 76.8.